The molecule has 2 unspecified atom stereocenters. The molecule has 4 heteroatoms. The van der Waals surface area contributed by atoms with E-state index in [1.807, 2.05) is 18.2 Å². The molecule has 3 aromatic rings. The second kappa shape index (κ2) is 11.0. The number of nitrogens with one attached hydrogen (secondary N) is 1. The Morgan fingerprint density at radius 3 is 2.16 bits per heavy atom. The maximum Gasteiger partial charge on any atom is 0.119 e. The molecule has 1 fully saturated rings. The third-order valence-corrected chi connectivity index (χ3v) is 5.94. The Morgan fingerprint density at radius 2 is 1.45 bits per heavy atom. The van der Waals surface area contributed by atoms with E-state index in [9.17, 15) is 0 Å². The summed E-state index contributed by atoms with van der Waals surface area (Å²) in [5.41, 5.74) is 3.91. The van der Waals surface area contributed by atoms with Crippen LogP contribution in [-0.4, -0.2) is 33.4 Å². The monoisotopic (exact) mass is 417 g/mol. The zero-order valence-electron chi connectivity index (χ0n) is 18.1. The van der Waals surface area contributed by atoms with Crippen LogP contribution in [-0.2, 0) is 11.3 Å². The van der Waals surface area contributed by atoms with Crippen molar-refractivity contribution in [1.82, 2.24) is 5.32 Å². The average Bonchev–Trinajstić information content (AvgIpc) is 2.85. The molecular formula is C27H31NO3. The van der Waals surface area contributed by atoms with Gasteiger partial charge in [-0.2, -0.15) is 0 Å². The lowest BCUT2D eigenvalue weighted by Gasteiger charge is -2.33. The van der Waals surface area contributed by atoms with E-state index in [1.165, 1.54) is 16.7 Å². The summed E-state index contributed by atoms with van der Waals surface area (Å²) in [5, 5.41) is 3.56. The van der Waals surface area contributed by atoms with Gasteiger partial charge in [-0.25, -0.2) is 0 Å². The summed E-state index contributed by atoms with van der Waals surface area (Å²) in [7, 11) is 1.71. The molecule has 1 aliphatic rings. The van der Waals surface area contributed by atoms with Gasteiger partial charge in [0.05, 0.1) is 20.3 Å². The third kappa shape index (κ3) is 5.87. The minimum atomic E-state index is 0.449. The van der Waals surface area contributed by atoms with Crippen LogP contribution in [0.4, 0.5) is 0 Å². The number of rotatable bonds is 9. The van der Waals surface area contributed by atoms with Crippen molar-refractivity contribution in [3.8, 4) is 11.5 Å². The summed E-state index contributed by atoms with van der Waals surface area (Å²) < 4.78 is 16.9. The van der Waals surface area contributed by atoms with Gasteiger partial charge in [-0.15, -0.1) is 0 Å². The quantitative estimate of drug-likeness (QED) is 0.489. The van der Waals surface area contributed by atoms with Crippen LogP contribution < -0.4 is 14.8 Å². The molecule has 2 atom stereocenters. The molecule has 0 saturated carbocycles. The van der Waals surface area contributed by atoms with E-state index in [4.69, 9.17) is 14.2 Å². The first-order valence-corrected chi connectivity index (χ1v) is 11.0. The Hall–Kier alpha value is -2.82. The standard InChI is InChI=1S/C27H31NO3/c1-29-24-11-7-22(8-12-24)26-15-16-28-19-27(26)23-9-13-25(14-10-23)31-18-17-30-20-21-5-3-2-4-6-21/h2-14,26-28H,15-20H2,1H3. The van der Waals surface area contributed by atoms with E-state index in [2.05, 4.69) is 66.0 Å². The fraction of sp³-hybridized carbons (Fsp3) is 0.333. The number of piperidine rings is 1. The van der Waals surface area contributed by atoms with Gasteiger partial charge in [0.15, 0.2) is 0 Å². The fourth-order valence-corrected chi connectivity index (χ4v) is 4.25. The highest BCUT2D eigenvalue weighted by Gasteiger charge is 2.27. The van der Waals surface area contributed by atoms with E-state index in [0.717, 1.165) is 31.0 Å². The molecule has 0 aromatic heterocycles. The van der Waals surface area contributed by atoms with Crippen LogP contribution in [0.15, 0.2) is 78.9 Å². The van der Waals surface area contributed by atoms with Crippen molar-refractivity contribution in [2.45, 2.75) is 24.9 Å². The van der Waals surface area contributed by atoms with Crippen molar-refractivity contribution in [2.24, 2.45) is 0 Å². The van der Waals surface area contributed by atoms with Crippen molar-refractivity contribution in [1.29, 1.82) is 0 Å². The fourth-order valence-electron chi connectivity index (χ4n) is 4.25. The molecule has 0 aliphatic carbocycles. The number of hydrogen-bond donors (Lipinski definition) is 1. The normalized spacial score (nSPS) is 18.5. The zero-order chi connectivity index (χ0) is 21.3. The summed E-state index contributed by atoms with van der Waals surface area (Å²) in [5.74, 6) is 2.75. The zero-order valence-corrected chi connectivity index (χ0v) is 18.1. The van der Waals surface area contributed by atoms with Crippen LogP contribution in [0.2, 0.25) is 0 Å². The van der Waals surface area contributed by atoms with E-state index in [1.54, 1.807) is 7.11 Å². The number of hydrogen-bond acceptors (Lipinski definition) is 4. The molecule has 4 nitrogen and oxygen atoms in total. The van der Waals surface area contributed by atoms with Crippen molar-refractivity contribution in [3.63, 3.8) is 0 Å². The van der Waals surface area contributed by atoms with E-state index < -0.39 is 0 Å². The SMILES string of the molecule is COc1ccc(C2CCNCC2c2ccc(OCCOCc3ccccc3)cc2)cc1. The summed E-state index contributed by atoms with van der Waals surface area (Å²) >= 11 is 0. The van der Waals surface area contributed by atoms with E-state index in [-0.39, 0.29) is 0 Å². The molecule has 31 heavy (non-hydrogen) atoms. The molecule has 1 N–H and O–H groups in total. The first-order valence-electron chi connectivity index (χ1n) is 11.0. The van der Waals surface area contributed by atoms with Crippen LogP contribution in [0.25, 0.3) is 0 Å². The van der Waals surface area contributed by atoms with Gasteiger partial charge in [-0.1, -0.05) is 54.6 Å². The lowest BCUT2D eigenvalue weighted by atomic mass is 9.77. The van der Waals surface area contributed by atoms with Gasteiger partial charge in [0, 0.05) is 12.5 Å². The minimum Gasteiger partial charge on any atom is -0.497 e. The van der Waals surface area contributed by atoms with Crippen LogP contribution in [0.5, 0.6) is 11.5 Å². The van der Waals surface area contributed by atoms with E-state index in [0.29, 0.717) is 31.7 Å². The highest BCUT2D eigenvalue weighted by atomic mass is 16.5. The predicted molar refractivity (Wildman–Crippen MR) is 124 cm³/mol. The van der Waals surface area contributed by atoms with Crippen molar-refractivity contribution in [3.05, 3.63) is 95.6 Å². The Bertz CT molecular complexity index is 909. The second-order valence-corrected chi connectivity index (χ2v) is 7.93. The largest absolute Gasteiger partial charge is 0.497 e. The summed E-state index contributed by atoms with van der Waals surface area (Å²) in [6, 6.07) is 27.3. The maximum absolute atomic E-state index is 5.87. The van der Waals surface area contributed by atoms with Gasteiger partial charge >= 0.3 is 0 Å². The molecule has 0 spiro atoms. The van der Waals surface area contributed by atoms with Gasteiger partial charge in [0.2, 0.25) is 0 Å². The summed E-state index contributed by atoms with van der Waals surface area (Å²) in [4.78, 5) is 0. The van der Waals surface area contributed by atoms with Crippen LogP contribution in [0.1, 0.15) is 34.9 Å². The lowest BCUT2D eigenvalue weighted by molar-refractivity contribution is 0.0889. The van der Waals surface area contributed by atoms with Gasteiger partial charge in [-0.05, 0) is 59.8 Å². The molecule has 0 radical (unpaired) electrons. The molecular weight excluding hydrogens is 386 g/mol. The van der Waals surface area contributed by atoms with E-state index >= 15 is 0 Å². The van der Waals surface area contributed by atoms with Crippen molar-refractivity contribution >= 4 is 0 Å². The van der Waals surface area contributed by atoms with Crippen LogP contribution >= 0.6 is 0 Å². The molecule has 0 amide bonds. The van der Waals surface area contributed by atoms with Gasteiger partial charge in [0.25, 0.3) is 0 Å². The molecule has 1 heterocycles. The molecule has 1 saturated heterocycles. The number of ether oxygens (including phenoxy) is 3. The van der Waals surface area contributed by atoms with Crippen molar-refractivity contribution in [2.75, 3.05) is 33.4 Å². The Morgan fingerprint density at radius 1 is 0.774 bits per heavy atom. The highest BCUT2D eigenvalue weighted by molar-refractivity contribution is 5.36. The van der Waals surface area contributed by atoms with Crippen LogP contribution in [0, 0.1) is 0 Å². The summed E-state index contributed by atoms with van der Waals surface area (Å²) in [6.45, 7) is 3.78. The van der Waals surface area contributed by atoms with Gasteiger partial charge in [-0.3, -0.25) is 0 Å². The second-order valence-electron chi connectivity index (χ2n) is 7.93. The molecule has 4 rings (SSSR count). The molecule has 162 valence electrons. The van der Waals surface area contributed by atoms with Gasteiger partial charge in [0.1, 0.15) is 18.1 Å². The first kappa shape index (κ1) is 21.4. The maximum atomic E-state index is 5.87. The molecule has 1 aliphatic heterocycles. The topological polar surface area (TPSA) is 39.7 Å². The minimum absolute atomic E-state index is 0.449. The van der Waals surface area contributed by atoms with Crippen LogP contribution in [0.3, 0.4) is 0 Å². The Kier molecular flexibility index (Phi) is 7.59. The average molecular weight is 418 g/mol. The third-order valence-electron chi connectivity index (χ3n) is 5.94. The first-order chi connectivity index (χ1) is 15.3. The Balaban J connectivity index is 1.30. The smallest absolute Gasteiger partial charge is 0.119 e. The molecule has 0 bridgehead atoms. The highest BCUT2D eigenvalue weighted by Crippen LogP contribution is 2.38. The molecule has 3 aromatic carbocycles. The predicted octanol–water partition coefficient (Wildman–Crippen LogP) is 5.15. The van der Waals surface area contributed by atoms with Crippen molar-refractivity contribution < 1.29 is 14.2 Å². The van der Waals surface area contributed by atoms with Gasteiger partial charge < -0.3 is 19.5 Å². The number of methoxy groups -OCH3 is 1. The Labute approximate surface area is 185 Å². The summed E-state index contributed by atoms with van der Waals surface area (Å²) in [6.07, 6.45) is 1.13. The number of benzene rings is 3. The lowest BCUT2D eigenvalue weighted by Crippen LogP contribution is -2.34.